The molecule has 2 heterocycles. The molecule has 0 aromatic heterocycles. The van der Waals surface area contributed by atoms with Gasteiger partial charge in [-0.1, -0.05) is 48.9 Å². The van der Waals surface area contributed by atoms with Crippen molar-refractivity contribution in [1.82, 2.24) is 0 Å². The number of morpholine rings is 1. The molecule has 310 valence electrons. The van der Waals surface area contributed by atoms with Crippen molar-refractivity contribution in [3.63, 3.8) is 0 Å². The summed E-state index contributed by atoms with van der Waals surface area (Å²) in [6.07, 6.45) is 11.9. The van der Waals surface area contributed by atoms with E-state index in [2.05, 4.69) is 96.1 Å². The Balaban J connectivity index is 1.22. The molecule has 0 N–H and O–H groups in total. The maximum atomic E-state index is 7.93. The first-order valence-electron chi connectivity index (χ1n) is 21.5. The third kappa shape index (κ3) is 5.74. The van der Waals surface area contributed by atoms with Crippen LogP contribution in [0.4, 0.5) is 5.69 Å². The quantitative estimate of drug-likeness (QED) is 0.134. The number of rotatable bonds is 9. The van der Waals surface area contributed by atoms with Crippen molar-refractivity contribution < 1.29 is 28.4 Å². The maximum Gasteiger partial charge on any atom is 0.178 e. The summed E-state index contributed by atoms with van der Waals surface area (Å²) in [6.45, 7) is 2.90. The van der Waals surface area contributed by atoms with Gasteiger partial charge < -0.3 is 33.3 Å². The topological polar surface area (TPSA) is 58.6 Å². The van der Waals surface area contributed by atoms with Crippen LogP contribution in [-0.4, -0.2) is 61.0 Å². The van der Waals surface area contributed by atoms with Crippen LogP contribution in [-0.2, 0) is 15.8 Å². The van der Waals surface area contributed by atoms with Crippen LogP contribution in [0.15, 0.2) is 108 Å². The molecule has 2 bridgehead atoms. The Hall–Kier alpha value is -5.57. The van der Waals surface area contributed by atoms with Gasteiger partial charge >= 0.3 is 0 Å². The molecule has 4 unspecified atom stereocenters. The number of benzene rings is 6. The summed E-state index contributed by atoms with van der Waals surface area (Å²) in [5.74, 6) is 5.39. The lowest BCUT2D eigenvalue weighted by atomic mass is 9.65. The first kappa shape index (κ1) is 38.4. The summed E-state index contributed by atoms with van der Waals surface area (Å²) >= 11 is 1.83. The van der Waals surface area contributed by atoms with Gasteiger partial charge in [0.05, 0.1) is 47.3 Å². The highest BCUT2D eigenvalue weighted by Gasteiger charge is 2.59. The molecule has 3 fully saturated rings. The number of hydrogen-bond acceptors (Lipinski definition) is 8. The molecule has 61 heavy (non-hydrogen) atoms. The van der Waals surface area contributed by atoms with E-state index in [9.17, 15) is 0 Å². The molecule has 4 atom stereocenters. The van der Waals surface area contributed by atoms with Gasteiger partial charge in [-0.25, -0.2) is 0 Å². The number of thioether (sulfide) groups is 1. The molecule has 7 nitrogen and oxygen atoms in total. The van der Waals surface area contributed by atoms with E-state index in [1.54, 1.807) is 28.4 Å². The summed E-state index contributed by atoms with van der Waals surface area (Å²) in [6, 6.07) is 35.0. The van der Waals surface area contributed by atoms with E-state index in [1.165, 1.54) is 57.4 Å². The summed E-state index contributed by atoms with van der Waals surface area (Å²) in [5, 5.41) is 2.22. The molecule has 6 aromatic rings. The SMILES string of the molecule is COc1ccc(-c2cc3c4c(c5c(c3cc2OC)OC(c2ccc(OC)cc2)(c2ccc(OC)c(N3CCOCC3)c2)C=C5)C2(CC3CCC2C3)c2cc(SC)ccc2-4)cc1. The zero-order valence-electron chi connectivity index (χ0n) is 35.5. The van der Waals surface area contributed by atoms with Crippen molar-refractivity contribution in [2.45, 2.75) is 41.6 Å². The Morgan fingerprint density at radius 3 is 2.11 bits per heavy atom. The zero-order valence-corrected chi connectivity index (χ0v) is 36.3. The molecular formula is C53H51NO6S. The van der Waals surface area contributed by atoms with Crippen LogP contribution in [0.3, 0.4) is 0 Å². The lowest BCUT2D eigenvalue weighted by molar-refractivity contribution is 0.122. The number of methoxy groups -OCH3 is 4. The average Bonchev–Trinajstić information content (AvgIpc) is 4.03. The molecule has 0 radical (unpaired) electrons. The summed E-state index contributed by atoms with van der Waals surface area (Å²) < 4.78 is 37.3. The average molecular weight is 830 g/mol. The Labute approximate surface area is 362 Å². The Bertz CT molecular complexity index is 2720. The van der Waals surface area contributed by atoms with Gasteiger partial charge in [0.2, 0.25) is 0 Å². The Morgan fingerprint density at radius 2 is 1.44 bits per heavy atom. The smallest absolute Gasteiger partial charge is 0.178 e. The summed E-state index contributed by atoms with van der Waals surface area (Å²) in [5.41, 5.74) is 10.9. The molecule has 1 saturated heterocycles. The highest BCUT2D eigenvalue weighted by atomic mass is 32.2. The van der Waals surface area contributed by atoms with E-state index in [0.29, 0.717) is 25.0 Å². The van der Waals surface area contributed by atoms with Crippen LogP contribution in [0.1, 0.15) is 53.5 Å². The fourth-order valence-electron chi connectivity index (χ4n) is 11.7. The minimum Gasteiger partial charge on any atom is -0.497 e. The lowest BCUT2D eigenvalue weighted by Crippen LogP contribution is -2.38. The molecule has 5 aliphatic rings. The zero-order chi connectivity index (χ0) is 41.5. The van der Waals surface area contributed by atoms with E-state index in [-0.39, 0.29) is 5.41 Å². The second-order valence-corrected chi connectivity index (χ2v) is 18.0. The molecule has 6 aromatic carbocycles. The molecule has 3 aliphatic carbocycles. The van der Waals surface area contributed by atoms with Crippen molar-refractivity contribution in [3.05, 3.63) is 131 Å². The van der Waals surface area contributed by atoms with Crippen molar-refractivity contribution in [2.24, 2.45) is 11.8 Å². The largest absolute Gasteiger partial charge is 0.497 e. The Morgan fingerprint density at radius 1 is 0.705 bits per heavy atom. The molecular weight excluding hydrogens is 779 g/mol. The van der Waals surface area contributed by atoms with Crippen LogP contribution in [0.2, 0.25) is 0 Å². The van der Waals surface area contributed by atoms with Crippen molar-refractivity contribution >= 4 is 34.3 Å². The first-order valence-corrected chi connectivity index (χ1v) is 22.7. The fraction of sp³-hybridized carbons (Fsp3) is 0.321. The number of hydrogen-bond donors (Lipinski definition) is 0. The van der Waals surface area contributed by atoms with Crippen molar-refractivity contribution in [3.8, 4) is 51.0 Å². The van der Waals surface area contributed by atoms with Gasteiger partial charge in [0.1, 0.15) is 28.7 Å². The summed E-state index contributed by atoms with van der Waals surface area (Å²) in [7, 11) is 6.93. The second kappa shape index (κ2) is 14.8. The van der Waals surface area contributed by atoms with E-state index in [0.717, 1.165) is 81.6 Å². The molecule has 11 rings (SSSR count). The number of anilines is 1. The maximum absolute atomic E-state index is 7.93. The number of ether oxygens (including phenoxy) is 6. The third-order valence-corrected chi connectivity index (χ3v) is 15.2. The van der Waals surface area contributed by atoms with E-state index < -0.39 is 5.60 Å². The van der Waals surface area contributed by atoms with Crippen LogP contribution in [0, 0.1) is 11.8 Å². The van der Waals surface area contributed by atoms with Gasteiger partial charge in [0, 0.05) is 51.0 Å². The monoisotopic (exact) mass is 829 g/mol. The van der Waals surface area contributed by atoms with Crippen LogP contribution >= 0.6 is 11.8 Å². The second-order valence-electron chi connectivity index (χ2n) is 17.2. The molecule has 8 heteroatoms. The molecule has 0 amide bonds. The first-order chi connectivity index (χ1) is 29.9. The minimum absolute atomic E-state index is 0.102. The van der Waals surface area contributed by atoms with Crippen molar-refractivity contribution in [2.75, 3.05) is 65.9 Å². The Kier molecular flexibility index (Phi) is 9.31. The van der Waals surface area contributed by atoms with E-state index in [4.69, 9.17) is 28.4 Å². The van der Waals surface area contributed by atoms with Crippen LogP contribution in [0.5, 0.6) is 28.7 Å². The molecule has 2 aliphatic heterocycles. The van der Waals surface area contributed by atoms with Gasteiger partial charge in [0.15, 0.2) is 5.60 Å². The predicted octanol–water partition coefficient (Wildman–Crippen LogP) is 11.5. The van der Waals surface area contributed by atoms with Gasteiger partial charge in [-0.2, -0.15) is 0 Å². The highest BCUT2D eigenvalue weighted by molar-refractivity contribution is 7.98. The van der Waals surface area contributed by atoms with Gasteiger partial charge in [-0.05, 0) is 137 Å². The number of fused-ring (bicyclic) bond motifs is 13. The third-order valence-electron chi connectivity index (χ3n) is 14.5. The summed E-state index contributed by atoms with van der Waals surface area (Å²) in [4.78, 5) is 3.68. The lowest BCUT2D eigenvalue weighted by Gasteiger charge is -2.41. The predicted molar refractivity (Wildman–Crippen MR) is 245 cm³/mol. The van der Waals surface area contributed by atoms with Crippen LogP contribution in [0.25, 0.3) is 39.1 Å². The highest BCUT2D eigenvalue weighted by Crippen LogP contribution is 2.69. The van der Waals surface area contributed by atoms with Crippen LogP contribution < -0.4 is 28.6 Å². The van der Waals surface area contributed by atoms with Gasteiger partial charge in [-0.15, -0.1) is 11.8 Å². The van der Waals surface area contributed by atoms with Gasteiger partial charge in [0.25, 0.3) is 0 Å². The van der Waals surface area contributed by atoms with Gasteiger partial charge in [-0.3, -0.25) is 0 Å². The fourth-order valence-corrected chi connectivity index (χ4v) is 12.1. The van der Waals surface area contributed by atoms with E-state index in [1.807, 2.05) is 36.0 Å². The van der Waals surface area contributed by atoms with Crippen molar-refractivity contribution in [1.29, 1.82) is 0 Å². The normalized spacial score (nSPS) is 23.1. The standard InChI is InChI=1S/C53H51NO6S/c1-55-37-13-7-33(8-14-37)42-29-43-44(30-48(42)58-4)51-41(50-49(43)40-18-17-39(61-5)28-45(40)52(50)31-32-6-9-35(52)26-32)20-21-53(60-51,34-10-15-38(56-2)16-11-34)36-12-19-47(57-3)46(27-36)54-22-24-59-25-23-54/h7-8,10-21,27-30,32,35H,6,9,22-26,31H2,1-5H3. The minimum atomic E-state index is -0.991. The number of nitrogens with zero attached hydrogens (tertiary/aromatic N) is 1. The van der Waals surface area contributed by atoms with E-state index >= 15 is 0 Å². The molecule has 1 spiro atoms. The molecule has 2 saturated carbocycles.